The van der Waals surface area contributed by atoms with E-state index >= 15 is 0 Å². The van der Waals surface area contributed by atoms with Crippen LogP contribution < -0.4 is 5.69 Å². The zero-order chi connectivity index (χ0) is 9.30. The Kier molecular flexibility index (Phi) is 5.01. The third-order valence-corrected chi connectivity index (χ3v) is 2.23. The minimum atomic E-state index is -0.197. The van der Waals surface area contributed by atoms with Crippen molar-refractivity contribution in [2.45, 2.75) is 20.3 Å². The van der Waals surface area contributed by atoms with E-state index in [1.54, 1.807) is 11.6 Å². The maximum atomic E-state index is 11.2. The van der Waals surface area contributed by atoms with Gasteiger partial charge in [0, 0.05) is 51.1 Å². The van der Waals surface area contributed by atoms with Gasteiger partial charge in [-0.2, -0.15) is 0 Å². The summed E-state index contributed by atoms with van der Waals surface area (Å²) in [5, 5.41) is 0. The fraction of sp³-hybridized carbons (Fsp3) is 0.444. The molecule has 0 saturated heterocycles. The third-order valence-electron chi connectivity index (χ3n) is 2.23. The van der Waals surface area contributed by atoms with E-state index in [2.05, 4.69) is 11.9 Å². The summed E-state index contributed by atoms with van der Waals surface area (Å²) in [5.41, 5.74) is 2.63. The minimum Gasteiger partial charge on any atom is -0.338 e. The largest absolute Gasteiger partial charge is 0.347 e. The topological polar surface area (TPSA) is 34.9 Å². The van der Waals surface area contributed by atoms with Crippen molar-refractivity contribution in [2.24, 2.45) is 7.05 Å². The zero-order valence-corrected chi connectivity index (χ0v) is 11.1. The second kappa shape index (κ2) is 5.01. The van der Waals surface area contributed by atoms with E-state index in [1.165, 1.54) is 0 Å². The normalized spacial score (nSPS) is 9.54. The van der Waals surface area contributed by atoms with Crippen LogP contribution in [0, 0.1) is 20.8 Å². The van der Waals surface area contributed by atoms with E-state index in [9.17, 15) is 4.79 Å². The first kappa shape index (κ1) is 13.0. The quantitative estimate of drug-likeness (QED) is 0.694. The van der Waals surface area contributed by atoms with Crippen molar-refractivity contribution < 1.29 is 32.7 Å². The van der Waals surface area contributed by atoms with Gasteiger partial charge in [0.2, 0.25) is 0 Å². The second-order valence-electron chi connectivity index (χ2n) is 2.86. The second-order valence-corrected chi connectivity index (χ2v) is 2.86. The summed E-state index contributed by atoms with van der Waals surface area (Å²) in [6.45, 7) is 7.59. The summed E-state index contributed by atoms with van der Waals surface area (Å²) in [6.07, 6.45) is 0.572. The van der Waals surface area contributed by atoms with E-state index in [4.69, 9.17) is 0 Å². The van der Waals surface area contributed by atoms with Crippen molar-refractivity contribution >= 4 is 0 Å². The van der Waals surface area contributed by atoms with Crippen LogP contribution in [0.25, 0.3) is 0 Å². The molecule has 0 atom stereocenters. The first-order valence-corrected chi connectivity index (χ1v) is 3.90. The molecular formula is C9H13N2OY-. The van der Waals surface area contributed by atoms with Crippen molar-refractivity contribution in [1.82, 2.24) is 9.55 Å². The molecule has 0 aliphatic carbocycles. The molecule has 1 aromatic rings. The number of rotatable bonds is 1. The Bertz CT molecular complexity index is 357. The number of aromatic nitrogens is 2. The molecule has 3 nitrogen and oxygen atoms in total. The molecule has 0 fully saturated rings. The molecule has 0 aliphatic rings. The van der Waals surface area contributed by atoms with Gasteiger partial charge in [0.1, 0.15) is 0 Å². The van der Waals surface area contributed by atoms with Gasteiger partial charge in [0.15, 0.2) is 0 Å². The number of hydrogen-bond acceptors (Lipinski definition) is 2. The van der Waals surface area contributed by atoms with Crippen LogP contribution >= 0.6 is 0 Å². The van der Waals surface area contributed by atoms with Crippen molar-refractivity contribution in [3.63, 3.8) is 0 Å². The molecule has 0 aromatic carbocycles. The van der Waals surface area contributed by atoms with Gasteiger partial charge in [0.05, 0.1) is 0 Å². The third kappa shape index (κ3) is 2.47. The maximum Gasteiger partial charge on any atom is 0.347 e. The SMILES string of the molecule is [CH2-]Cc1nc(=O)n(C)c(C)c1C.[Y]. The van der Waals surface area contributed by atoms with E-state index in [1.807, 2.05) is 13.8 Å². The Morgan fingerprint density at radius 2 is 2.00 bits per heavy atom. The minimum absolute atomic E-state index is 0. The predicted molar refractivity (Wildman–Crippen MR) is 48.0 cm³/mol. The fourth-order valence-corrected chi connectivity index (χ4v) is 1.12. The van der Waals surface area contributed by atoms with Crippen LogP contribution in [0.4, 0.5) is 0 Å². The van der Waals surface area contributed by atoms with Crippen LogP contribution in [0.3, 0.4) is 0 Å². The average Bonchev–Trinajstić information content (AvgIpc) is 2.08. The number of nitrogens with zero attached hydrogens (tertiary/aromatic N) is 2. The Morgan fingerprint density at radius 1 is 1.46 bits per heavy atom. The molecule has 1 heterocycles. The van der Waals surface area contributed by atoms with Crippen LogP contribution in [0.1, 0.15) is 17.0 Å². The monoisotopic (exact) mass is 254 g/mol. The standard InChI is InChI=1S/C9H13N2O.Y/c1-5-8-6(2)7(3)11(4)9(12)10-8;/h1,5H2,2-4H3;/q-1;. The first-order chi connectivity index (χ1) is 5.57. The van der Waals surface area contributed by atoms with Gasteiger partial charge < -0.3 is 6.92 Å². The molecule has 0 aliphatic heterocycles. The molecule has 0 bridgehead atoms. The summed E-state index contributed by atoms with van der Waals surface area (Å²) in [6, 6.07) is 0. The molecule has 1 rings (SSSR count). The van der Waals surface area contributed by atoms with Crippen molar-refractivity contribution in [2.75, 3.05) is 0 Å². The predicted octanol–water partition coefficient (Wildman–Crippen LogP) is 0.771. The van der Waals surface area contributed by atoms with Crippen molar-refractivity contribution in [1.29, 1.82) is 0 Å². The van der Waals surface area contributed by atoms with Crippen molar-refractivity contribution in [3.05, 3.63) is 34.4 Å². The average molecular weight is 254 g/mol. The summed E-state index contributed by atoms with van der Waals surface area (Å²) in [7, 11) is 1.73. The Balaban J connectivity index is 0.00000144. The molecule has 0 saturated carbocycles. The molecule has 0 amide bonds. The molecule has 69 valence electrons. The summed E-state index contributed by atoms with van der Waals surface area (Å²) >= 11 is 0. The Hall–Kier alpha value is -0.0161. The molecule has 4 heteroatoms. The molecule has 0 N–H and O–H groups in total. The van der Waals surface area contributed by atoms with E-state index in [0.717, 1.165) is 17.0 Å². The molecule has 1 radical (unpaired) electrons. The smallest absolute Gasteiger partial charge is 0.338 e. The molecule has 13 heavy (non-hydrogen) atoms. The van der Waals surface area contributed by atoms with Gasteiger partial charge in [-0.25, -0.2) is 9.78 Å². The van der Waals surface area contributed by atoms with Crippen LogP contribution in [-0.4, -0.2) is 9.55 Å². The van der Waals surface area contributed by atoms with Crippen LogP contribution in [0.5, 0.6) is 0 Å². The fourth-order valence-electron chi connectivity index (χ4n) is 1.12. The Labute approximate surface area is 103 Å². The van der Waals surface area contributed by atoms with E-state index in [-0.39, 0.29) is 38.4 Å². The van der Waals surface area contributed by atoms with Gasteiger partial charge in [0.25, 0.3) is 0 Å². The maximum absolute atomic E-state index is 11.2. The Morgan fingerprint density at radius 3 is 2.46 bits per heavy atom. The summed E-state index contributed by atoms with van der Waals surface area (Å²) < 4.78 is 1.55. The summed E-state index contributed by atoms with van der Waals surface area (Å²) in [5.74, 6) is 0. The molecular weight excluding hydrogens is 241 g/mol. The number of hydrogen-bond donors (Lipinski definition) is 0. The van der Waals surface area contributed by atoms with Crippen LogP contribution in [0.2, 0.25) is 0 Å². The van der Waals surface area contributed by atoms with Gasteiger partial charge in [-0.05, 0) is 19.4 Å². The molecule has 0 unspecified atom stereocenters. The first-order valence-electron chi connectivity index (χ1n) is 3.90. The van der Waals surface area contributed by atoms with Gasteiger partial charge >= 0.3 is 5.69 Å². The molecule has 0 spiro atoms. The zero-order valence-electron chi connectivity index (χ0n) is 8.29. The van der Waals surface area contributed by atoms with E-state index < -0.39 is 0 Å². The van der Waals surface area contributed by atoms with Crippen molar-refractivity contribution in [3.8, 4) is 0 Å². The van der Waals surface area contributed by atoms with Crippen LogP contribution in [0.15, 0.2) is 4.79 Å². The van der Waals surface area contributed by atoms with E-state index in [0.29, 0.717) is 6.42 Å². The van der Waals surface area contributed by atoms with Gasteiger partial charge in [-0.1, -0.05) is 0 Å². The van der Waals surface area contributed by atoms with Gasteiger partial charge in [-0.15, -0.1) is 6.42 Å². The summed E-state index contributed by atoms with van der Waals surface area (Å²) in [4.78, 5) is 15.1. The van der Waals surface area contributed by atoms with Gasteiger partial charge in [-0.3, -0.25) is 4.57 Å². The van der Waals surface area contributed by atoms with Crippen LogP contribution in [-0.2, 0) is 46.2 Å². The molecule has 1 aromatic heterocycles.